The van der Waals surface area contributed by atoms with Gasteiger partial charge in [0, 0.05) is 68.2 Å². The first-order valence-corrected chi connectivity index (χ1v) is 11.9. The van der Waals surface area contributed by atoms with Crippen LogP contribution in [0.1, 0.15) is 25.7 Å². The first-order chi connectivity index (χ1) is 16.1. The van der Waals surface area contributed by atoms with Crippen molar-refractivity contribution in [3.8, 4) is 11.3 Å². The van der Waals surface area contributed by atoms with Crippen LogP contribution in [-0.4, -0.2) is 75.4 Å². The molecule has 2 aliphatic rings. The summed E-state index contributed by atoms with van der Waals surface area (Å²) >= 11 is 0. The number of hydrogen-bond donors (Lipinski definition) is 1. The molecule has 1 saturated heterocycles. The lowest BCUT2D eigenvalue weighted by Crippen LogP contribution is -2.46. The normalized spacial score (nSPS) is 22.3. The third-order valence-corrected chi connectivity index (χ3v) is 7.01. The number of hydrogen-bond acceptors (Lipinski definition) is 7. The SMILES string of the molecule is CN1CCN(C[C@H]2CC[C@H](C(=O)Nc3cc4cc(-c5cnccn5)cnc4cn3)CC2)CC1. The predicted molar refractivity (Wildman–Crippen MR) is 129 cm³/mol. The highest BCUT2D eigenvalue weighted by Gasteiger charge is 2.28. The summed E-state index contributed by atoms with van der Waals surface area (Å²) in [4.78, 5) is 35.3. The van der Waals surface area contributed by atoms with Crippen molar-refractivity contribution in [1.29, 1.82) is 0 Å². The Labute approximate surface area is 194 Å². The number of amides is 1. The molecule has 1 N–H and O–H groups in total. The van der Waals surface area contributed by atoms with E-state index in [0.717, 1.165) is 74.0 Å². The van der Waals surface area contributed by atoms with Gasteiger partial charge < -0.3 is 15.1 Å². The Bertz CT molecular complexity index is 1090. The Balaban J connectivity index is 1.18. The molecule has 3 aromatic heterocycles. The van der Waals surface area contributed by atoms with Gasteiger partial charge in [-0.05, 0) is 50.8 Å². The molecule has 0 atom stereocenters. The number of fused-ring (bicyclic) bond motifs is 1. The number of nitrogens with zero attached hydrogens (tertiary/aromatic N) is 6. The molecule has 5 rings (SSSR count). The van der Waals surface area contributed by atoms with Crippen LogP contribution in [0, 0.1) is 11.8 Å². The number of piperazine rings is 1. The van der Waals surface area contributed by atoms with Gasteiger partial charge in [-0.1, -0.05) is 0 Å². The topological polar surface area (TPSA) is 87.1 Å². The summed E-state index contributed by atoms with van der Waals surface area (Å²) in [5.41, 5.74) is 2.44. The monoisotopic (exact) mass is 445 g/mol. The van der Waals surface area contributed by atoms with E-state index in [0.29, 0.717) is 11.7 Å². The number of nitrogens with one attached hydrogen (secondary N) is 1. The standard InChI is InChI=1S/C25H31N7O/c1-31-8-10-32(11-9-31)17-18-2-4-19(5-3-18)25(33)30-24-13-20-12-21(14-28-23(20)16-29-24)22-15-26-6-7-27-22/h6-7,12-16,18-19H,2-5,8-11,17H2,1H3,(H,29,30,33)/t18-,19-. The average molecular weight is 446 g/mol. The molecule has 172 valence electrons. The summed E-state index contributed by atoms with van der Waals surface area (Å²) in [6.07, 6.45) is 12.7. The van der Waals surface area contributed by atoms with Gasteiger partial charge in [0.25, 0.3) is 0 Å². The number of aromatic nitrogens is 4. The molecule has 1 aliphatic carbocycles. The van der Waals surface area contributed by atoms with Crippen LogP contribution in [0.25, 0.3) is 22.2 Å². The molecule has 4 heterocycles. The lowest BCUT2D eigenvalue weighted by atomic mass is 9.81. The van der Waals surface area contributed by atoms with E-state index in [1.54, 1.807) is 31.0 Å². The number of carbonyl (C=O) groups is 1. The fourth-order valence-electron chi connectivity index (χ4n) is 4.92. The van der Waals surface area contributed by atoms with Gasteiger partial charge in [0.2, 0.25) is 5.91 Å². The fraction of sp³-hybridized carbons (Fsp3) is 0.480. The van der Waals surface area contributed by atoms with E-state index in [1.165, 1.54) is 6.54 Å². The lowest BCUT2D eigenvalue weighted by molar-refractivity contribution is -0.121. The predicted octanol–water partition coefficient (Wildman–Crippen LogP) is 3.08. The Kier molecular flexibility index (Phi) is 6.55. The molecule has 0 aromatic carbocycles. The summed E-state index contributed by atoms with van der Waals surface area (Å²) in [6, 6.07) is 3.90. The summed E-state index contributed by atoms with van der Waals surface area (Å²) in [6.45, 7) is 5.82. The van der Waals surface area contributed by atoms with Gasteiger partial charge in [0.1, 0.15) is 5.82 Å². The second-order valence-electron chi connectivity index (χ2n) is 9.39. The molecule has 33 heavy (non-hydrogen) atoms. The zero-order valence-electron chi connectivity index (χ0n) is 19.2. The van der Waals surface area contributed by atoms with Crippen molar-refractivity contribution in [3.05, 3.63) is 43.1 Å². The van der Waals surface area contributed by atoms with Crippen molar-refractivity contribution in [2.45, 2.75) is 25.7 Å². The molecule has 0 radical (unpaired) electrons. The van der Waals surface area contributed by atoms with Gasteiger partial charge in [0.15, 0.2) is 0 Å². The third-order valence-electron chi connectivity index (χ3n) is 7.01. The number of rotatable bonds is 5. The van der Waals surface area contributed by atoms with Gasteiger partial charge >= 0.3 is 0 Å². The zero-order chi connectivity index (χ0) is 22.6. The number of pyridine rings is 2. The van der Waals surface area contributed by atoms with E-state index in [4.69, 9.17) is 0 Å². The Morgan fingerprint density at radius 1 is 0.970 bits per heavy atom. The molecule has 3 aromatic rings. The van der Waals surface area contributed by atoms with Crippen molar-refractivity contribution >= 4 is 22.6 Å². The maximum Gasteiger partial charge on any atom is 0.228 e. The molecule has 2 fully saturated rings. The summed E-state index contributed by atoms with van der Waals surface area (Å²) in [5.74, 6) is 1.43. The molecule has 1 aliphatic heterocycles. The third kappa shape index (κ3) is 5.34. The van der Waals surface area contributed by atoms with Crippen LogP contribution in [-0.2, 0) is 4.79 Å². The van der Waals surface area contributed by atoms with Crippen molar-refractivity contribution in [1.82, 2.24) is 29.7 Å². The minimum absolute atomic E-state index is 0.0651. The van der Waals surface area contributed by atoms with Crippen LogP contribution in [0.3, 0.4) is 0 Å². The van der Waals surface area contributed by atoms with E-state index in [2.05, 4.69) is 42.1 Å². The van der Waals surface area contributed by atoms with E-state index < -0.39 is 0 Å². The van der Waals surface area contributed by atoms with Gasteiger partial charge in [-0.25, -0.2) is 4.98 Å². The van der Waals surface area contributed by atoms with E-state index in [1.807, 2.05) is 12.1 Å². The molecular weight excluding hydrogens is 414 g/mol. The van der Waals surface area contributed by atoms with Crippen LogP contribution in [0.5, 0.6) is 0 Å². The van der Waals surface area contributed by atoms with Crippen molar-refractivity contribution in [3.63, 3.8) is 0 Å². The van der Waals surface area contributed by atoms with Gasteiger partial charge in [0.05, 0.1) is 23.6 Å². The highest BCUT2D eigenvalue weighted by atomic mass is 16.1. The molecular formula is C25H31N7O. The molecule has 1 saturated carbocycles. The molecule has 1 amide bonds. The minimum atomic E-state index is 0.0651. The van der Waals surface area contributed by atoms with Crippen LogP contribution in [0.15, 0.2) is 43.1 Å². The average Bonchev–Trinajstić information content (AvgIpc) is 2.86. The smallest absolute Gasteiger partial charge is 0.228 e. The molecule has 8 nitrogen and oxygen atoms in total. The minimum Gasteiger partial charge on any atom is -0.310 e. The maximum absolute atomic E-state index is 12.9. The van der Waals surface area contributed by atoms with Gasteiger partial charge in [-0.2, -0.15) is 0 Å². The molecule has 0 unspecified atom stereocenters. The summed E-state index contributed by atoms with van der Waals surface area (Å²) < 4.78 is 0. The molecule has 0 bridgehead atoms. The quantitative estimate of drug-likeness (QED) is 0.646. The Morgan fingerprint density at radius 2 is 1.79 bits per heavy atom. The van der Waals surface area contributed by atoms with Gasteiger partial charge in [-0.15, -0.1) is 0 Å². The fourth-order valence-corrected chi connectivity index (χ4v) is 4.92. The molecule has 8 heteroatoms. The van der Waals surface area contributed by atoms with E-state index >= 15 is 0 Å². The second kappa shape index (κ2) is 9.89. The zero-order valence-corrected chi connectivity index (χ0v) is 19.2. The molecule has 0 spiro atoms. The summed E-state index contributed by atoms with van der Waals surface area (Å²) in [7, 11) is 2.19. The summed E-state index contributed by atoms with van der Waals surface area (Å²) in [5, 5.41) is 3.96. The van der Waals surface area contributed by atoms with Crippen LogP contribution < -0.4 is 5.32 Å². The van der Waals surface area contributed by atoms with Crippen molar-refractivity contribution < 1.29 is 4.79 Å². The van der Waals surface area contributed by atoms with Crippen LogP contribution in [0.2, 0.25) is 0 Å². The van der Waals surface area contributed by atoms with Crippen molar-refractivity contribution in [2.75, 3.05) is 45.1 Å². The highest BCUT2D eigenvalue weighted by Crippen LogP contribution is 2.31. The Hall–Kier alpha value is -2.97. The second-order valence-corrected chi connectivity index (χ2v) is 9.39. The van der Waals surface area contributed by atoms with E-state index in [9.17, 15) is 4.79 Å². The number of carbonyl (C=O) groups excluding carboxylic acids is 1. The Morgan fingerprint density at radius 3 is 2.55 bits per heavy atom. The van der Waals surface area contributed by atoms with Crippen LogP contribution in [0.4, 0.5) is 5.82 Å². The first-order valence-electron chi connectivity index (χ1n) is 11.9. The maximum atomic E-state index is 12.9. The number of anilines is 1. The van der Waals surface area contributed by atoms with E-state index in [-0.39, 0.29) is 11.8 Å². The largest absolute Gasteiger partial charge is 0.310 e. The highest BCUT2D eigenvalue weighted by molar-refractivity contribution is 5.94. The lowest BCUT2D eigenvalue weighted by Gasteiger charge is -2.36. The number of likely N-dealkylation sites (N-methyl/N-ethyl adjacent to an activating group) is 1. The van der Waals surface area contributed by atoms with Crippen molar-refractivity contribution in [2.24, 2.45) is 11.8 Å². The van der Waals surface area contributed by atoms with Crippen LogP contribution >= 0.6 is 0 Å². The van der Waals surface area contributed by atoms with Gasteiger partial charge in [-0.3, -0.25) is 19.7 Å². The first kappa shape index (κ1) is 21.9.